The van der Waals surface area contributed by atoms with Gasteiger partial charge in [0.1, 0.15) is 0 Å². The van der Waals surface area contributed by atoms with Gasteiger partial charge in [-0.3, -0.25) is 9.59 Å². The highest BCUT2D eigenvalue weighted by Crippen LogP contribution is 2.40. The van der Waals surface area contributed by atoms with Crippen molar-refractivity contribution in [2.75, 3.05) is 19.3 Å². The molecule has 246 valence electrons. The lowest BCUT2D eigenvalue weighted by molar-refractivity contribution is -0.138. The SMILES string of the molecule is CSc1ccc(C2(C)CCN([C@@H](C)c3ccccc3)C(=O)C2)cc1.Cc1ccc(C2(C)CCN([C@@H](C)c3ccccc3)C(=O)C2)cc1. The summed E-state index contributed by atoms with van der Waals surface area (Å²) < 4.78 is 0. The largest absolute Gasteiger partial charge is 0.336 e. The van der Waals surface area contributed by atoms with Crippen molar-refractivity contribution >= 4 is 23.6 Å². The van der Waals surface area contributed by atoms with E-state index in [1.165, 1.54) is 32.7 Å². The molecule has 2 amide bonds. The molecule has 0 saturated carbocycles. The fourth-order valence-electron chi connectivity index (χ4n) is 7.12. The number of rotatable bonds is 7. The van der Waals surface area contributed by atoms with E-state index in [2.05, 4.69) is 114 Å². The zero-order valence-corrected chi connectivity index (χ0v) is 29.7. The average Bonchev–Trinajstić information content (AvgIpc) is 3.09. The molecule has 0 radical (unpaired) electrons. The Hall–Kier alpha value is -3.83. The lowest BCUT2D eigenvalue weighted by Gasteiger charge is -2.42. The van der Waals surface area contributed by atoms with Crippen LogP contribution in [0.3, 0.4) is 0 Å². The summed E-state index contributed by atoms with van der Waals surface area (Å²) >= 11 is 1.75. The van der Waals surface area contributed by atoms with E-state index in [-0.39, 0.29) is 34.7 Å². The summed E-state index contributed by atoms with van der Waals surface area (Å²) in [6, 6.07) is 38.2. The van der Waals surface area contributed by atoms with Crippen molar-refractivity contribution in [1.82, 2.24) is 9.80 Å². The third-order valence-electron chi connectivity index (χ3n) is 10.6. The maximum atomic E-state index is 12.8. The number of benzene rings is 4. The van der Waals surface area contributed by atoms with E-state index in [4.69, 9.17) is 0 Å². The Balaban J connectivity index is 0.000000185. The molecule has 2 saturated heterocycles. The molecule has 0 bridgehead atoms. The standard InChI is InChI=1S/C21H25NOS.C21H25NO/c1-16(17-7-5-4-6-8-17)22-14-13-21(2,15-20(22)23)18-9-11-19(24-3)12-10-18;1-16-9-11-19(12-10-16)21(3)13-14-22(20(23)15-21)17(2)18-7-5-4-6-8-18/h4-12,16H,13-15H2,1-3H3;4-12,17H,13-15H2,1-3H3/t16-,21?;17-,21?/m00/s1. The minimum absolute atomic E-state index is 0.0440. The molecule has 0 aliphatic carbocycles. The number of nitrogens with zero attached hydrogens (tertiary/aromatic N) is 2. The van der Waals surface area contributed by atoms with E-state index >= 15 is 0 Å². The number of hydrogen-bond acceptors (Lipinski definition) is 3. The summed E-state index contributed by atoms with van der Waals surface area (Å²) in [7, 11) is 0. The second-order valence-electron chi connectivity index (χ2n) is 13.9. The van der Waals surface area contributed by atoms with Crippen LogP contribution in [-0.2, 0) is 20.4 Å². The number of aryl methyl sites for hydroxylation is 1. The van der Waals surface area contributed by atoms with Gasteiger partial charge in [-0.05, 0) is 74.3 Å². The summed E-state index contributed by atoms with van der Waals surface area (Å²) in [5, 5.41) is 0. The number of likely N-dealkylation sites (tertiary alicyclic amines) is 2. The van der Waals surface area contributed by atoms with Gasteiger partial charge in [0.05, 0.1) is 12.1 Å². The van der Waals surface area contributed by atoms with Gasteiger partial charge < -0.3 is 9.80 Å². The Kier molecular flexibility index (Phi) is 11.0. The normalized spacial score (nSPS) is 22.7. The summed E-state index contributed by atoms with van der Waals surface area (Å²) in [6.45, 7) is 12.4. The Morgan fingerprint density at radius 2 is 0.979 bits per heavy atom. The van der Waals surface area contributed by atoms with Gasteiger partial charge in [-0.15, -0.1) is 11.8 Å². The minimum Gasteiger partial charge on any atom is -0.336 e. The van der Waals surface area contributed by atoms with E-state index in [1.54, 1.807) is 11.8 Å². The molecule has 47 heavy (non-hydrogen) atoms. The fourth-order valence-corrected chi connectivity index (χ4v) is 7.52. The zero-order valence-electron chi connectivity index (χ0n) is 28.9. The van der Waals surface area contributed by atoms with Crippen LogP contribution in [0, 0.1) is 6.92 Å². The van der Waals surface area contributed by atoms with Crippen LogP contribution in [0.1, 0.15) is 93.3 Å². The molecule has 4 aromatic carbocycles. The van der Waals surface area contributed by atoms with Gasteiger partial charge in [-0.1, -0.05) is 116 Å². The Bertz CT molecular complexity index is 1620. The maximum absolute atomic E-state index is 12.8. The van der Waals surface area contributed by atoms with Gasteiger partial charge in [-0.25, -0.2) is 0 Å². The molecule has 2 unspecified atom stereocenters. The van der Waals surface area contributed by atoms with Gasteiger partial charge in [0.25, 0.3) is 0 Å². The number of carbonyl (C=O) groups excluding carboxylic acids is 2. The van der Waals surface area contributed by atoms with Crippen LogP contribution < -0.4 is 0 Å². The second-order valence-corrected chi connectivity index (χ2v) is 14.8. The van der Waals surface area contributed by atoms with Crippen molar-refractivity contribution < 1.29 is 9.59 Å². The van der Waals surface area contributed by atoms with Crippen molar-refractivity contribution in [3.63, 3.8) is 0 Å². The van der Waals surface area contributed by atoms with Gasteiger partial charge in [0.15, 0.2) is 0 Å². The topological polar surface area (TPSA) is 40.6 Å². The molecule has 2 aliphatic heterocycles. The molecule has 4 aromatic rings. The third kappa shape index (κ3) is 8.01. The summed E-state index contributed by atoms with van der Waals surface area (Å²) in [5.41, 5.74) is 6.14. The van der Waals surface area contributed by atoms with Crippen LogP contribution in [0.2, 0.25) is 0 Å². The molecule has 0 spiro atoms. The number of hydrogen-bond donors (Lipinski definition) is 0. The van der Waals surface area contributed by atoms with Crippen LogP contribution in [0.15, 0.2) is 114 Å². The maximum Gasteiger partial charge on any atom is 0.223 e. The first-order chi connectivity index (χ1) is 22.5. The molecular formula is C42H50N2O2S. The van der Waals surface area contributed by atoms with Crippen molar-refractivity contribution in [1.29, 1.82) is 0 Å². The van der Waals surface area contributed by atoms with E-state index in [1.807, 2.05) is 46.2 Å². The van der Waals surface area contributed by atoms with Crippen molar-refractivity contribution in [3.05, 3.63) is 137 Å². The predicted octanol–water partition coefficient (Wildman–Crippen LogP) is 9.69. The number of carbonyl (C=O) groups is 2. The highest BCUT2D eigenvalue weighted by molar-refractivity contribution is 7.98. The summed E-state index contributed by atoms with van der Waals surface area (Å²) in [5.74, 6) is 0.518. The molecule has 0 aromatic heterocycles. The first-order valence-corrected chi connectivity index (χ1v) is 18.2. The molecular weight excluding hydrogens is 597 g/mol. The smallest absolute Gasteiger partial charge is 0.223 e. The van der Waals surface area contributed by atoms with E-state index in [0.717, 1.165) is 25.9 Å². The van der Waals surface area contributed by atoms with Crippen LogP contribution >= 0.6 is 11.8 Å². The van der Waals surface area contributed by atoms with Gasteiger partial charge in [0, 0.05) is 41.7 Å². The predicted molar refractivity (Wildman–Crippen MR) is 196 cm³/mol. The van der Waals surface area contributed by atoms with Gasteiger partial charge >= 0.3 is 0 Å². The molecule has 4 nitrogen and oxygen atoms in total. The molecule has 2 fully saturated rings. The summed E-state index contributed by atoms with van der Waals surface area (Å²) in [4.78, 5) is 31.0. The molecule has 6 rings (SSSR count). The highest BCUT2D eigenvalue weighted by atomic mass is 32.2. The molecule has 5 heteroatoms. The van der Waals surface area contributed by atoms with Crippen molar-refractivity contribution in [3.8, 4) is 0 Å². The minimum atomic E-state index is -0.0546. The first kappa shape index (κ1) is 34.5. The Morgan fingerprint density at radius 1 is 0.596 bits per heavy atom. The van der Waals surface area contributed by atoms with Gasteiger partial charge in [-0.2, -0.15) is 0 Å². The number of thioether (sulfide) groups is 1. The highest BCUT2D eigenvalue weighted by Gasteiger charge is 2.39. The molecule has 4 atom stereocenters. The average molecular weight is 647 g/mol. The Morgan fingerprint density at radius 3 is 1.34 bits per heavy atom. The number of piperidine rings is 2. The monoisotopic (exact) mass is 646 g/mol. The fraction of sp³-hybridized carbons (Fsp3) is 0.381. The molecule has 2 heterocycles. The van der Waals surface area contributed by atoms with Gasteiger partial charge in [0.2, 0.25) is 11.8 Å². The number of amides is 2. The van der Waals surface area contributed by atoms with Crippen LogP contribution in [0.5, 0.6) is 0 Å². The zero-order chi connectivity index (χ0) is 33.6. The first-order valence-electron chi connectivity index (χ1n) is 16.9. The quantitative estimate of drug-likeness (QED) is 0.188. The van der Waals surface area contributed by atoms with Crippen molar-refractivity contribution in [2.45, 2.75) is 88.1 Å². The lowest BCUT2D eigenvalue weighted by atomic mass is 9.74. The van der Waals surface area contributed by atoms with Crippen molar-refractivity contribution in [2.24, 2.45) is 0 Å². The van der Waals surface area contributed by atoms with E-state index < -0.39 is 0 Å². The molecule has 2 aliphatic rings. The van der Waals surface area contributed by atoms with Crippen LogP contribution in [-0.4, -0.2) is 41.0 Å². The van der Waals surface area contributed by atoms with Crippen LogP contribution in [0.25, 0.3) is 0 Å². The summed E-state index contributed by atoms with van der Waals surface area (Å²) in [6.07, 6.45) is 5.28. The second kappa shape index (κ2) is 14.9. The third-order valence-corrected chi connectivity index (χ3v) is 11.3. The lowest BCUT2D eigenvalue weighted by Crippen LogP contribution is -2.45. The van der Waals surface area contributed by atoms with E-state index in [9.17, 15) is 9.59 Å². The van der Waals surface area contributed by atoms with Crippen LogP contribution in [0.4, 0.5) is 0 Å². The molecule has 0 N–H and O–H groups in total. The Labute approximate surface area is 286 Å². The van der Waals surface area contributed by atoms with E-state index in [0.29, 0.717) is 12.8 Å².